The summed E-state index contributed by atoms with van der Waals surface area (Å²) in [5, 5.41) is 5.49. The molecule has 0 saturated heterocycles. The van der Waals surface area contributed by atoms with Gasteiger partial charge in [-0.25, -0.2) is 4.79 Å². The second kappa shape index (κ2) is 12.5. The molecule has 0 radical (unpaired) electrons. The van der Waals surface area contributed by atoms with Crippen molar-refractivity contribution in [3.05, 3.63) is 71.8 Å². The highest BCUT2D eigenvalue weighted by atomic mass is 16.5. The van der Waals surface area contributed by atoms with Crippen LogP contribution in [0.5, 0.6) is 0 Å². The molecule has 0 bridgehead atoms. The van der Waals surface area contributed by atoms with Crippen LogP contribution in [0, 0.1) is 5.92 Å². The topological polar surface area (TPSA) is 128 Å². The summed E-state index contributed by atoms with van der Waals surface area (Å²) in [5.41, 5.74) is 6.89. The van der Waals surface area contributed by atoms with E-state index in [1.54, 1.807) is 30.3 Å². The molecule has 0 spiro atoms. The Morgan fingerprint density at radius 1 is 0.941 bits per heavy atom. The fourth-order valence-corrected chi connectivity index (χ4v) is 4.17. The molecule has 3 rings (SSSR count). The standard InChI is InChI=1S/C26H31N3O5/c27-24(31)20-13-7-8-14-21(20)28-23(30)17-34-26(33)22(16-15-18-9-3-1-4-10-18)29-25(32)19-11-5-2-6-12-19/h1-6,9-12,20-22H,7-8,13-17H2,(H2,27,31)(H,28,30)(H,29,32)/t20?,21?,22-/m0/s1. The molecular formula is C26H31N3O5. The molecule has 3 atom stereocenters. The second-order valence-corrected chi connectivity index (χ2v) is 8.49. The third kappa shape index (κ3) is 7.43. The van der Waals surface area contributed by atoms with Crippen LogP contribution >= 0.6 is 0 Å². The van der Waals surface area contributed by atoms with Gasteiger partial charge in [0.1, 0.15) is 6.04 Å². The van der Waals surface area contributed by atoms with E-state index in [2.05, 4.69) is 10.6 Å². The van der Waals surface area contributed by atoms with Gasteiger partial charge in [0.05, 0.1) is 5.92 Å². The number of carbonyl (C=O) groups is 4. The summed E-state index contributed by atoms with van der Waals surface area (Å²) in [6.45, 7) is -0.496. The van der Waals surface area contributed by atoms with Gasteiger partial charge in [0, 0.05) is 11.6 Å². The molecule has 1 saturated carbocycles. The zero-order valence-corrected chi connectivity index (χ0v) is 19.1. The first kappa shape index (κ1) is 25.0. The Balaban J connectivity index is 1.58. The molecule has 1 aliphatic carbocycles. The van der Waals surface area contributed by atoms with E-state index in [1.165, 1.54) is 0 Å². The number of benzene rings is 2. The third-order valence-electron chi connectivity index (χ3n) is 6.01. The molecule has 0 aliphatic heterocycles. The summed E-state index contributed by atoms with van der Waals surface area (Å²) >= 11 is 0. The Hall–Kier alpha value is -3.68. The van der Waals surface area contributed by atoms with Gasteiger partial charge in [-0.3, -0.25) is 14.4 Å². The summed E-state index contributed by atoms with van der Waals surface area (Å²) in [7, 11) is 0. The molecule has 4 N–H and O–H groups in total. The van der Waals surface area contributed by atoms with Crippen LogP contribution in [0.1, 0.15) is 48.0 Å². The molecule has 1 fully saturated rings. The van der Waals surface area contributed by atoms with Crippen molar-refractivity contribution in [2.24, 2.45) is 11.7 Å². The fraction of sp³-hybridized carbons (Fsp3) is 0.385. The average molecular weight is 466 g/mol. The van der Waals surface area contributed by atoms with E-state index in [-0.39, 0.29) is 6.04 Å². The molecule has 180 valence electrons. The minimum atomic E-state index is -0.922. The summed E-state index contributed by atoms with van der Waals surface area (Å²) in [5.74, 6) is -2.44. The number of nitrogens with two attached hydrogens (primary N) is 1. The molecule has 2 aromatic carbocycles. The Morgan fingerprint density at radius 2 is 1.59 bits per heavy atom. The number of amides is 3. The smallest absolute Gasteiger partial charge is 0.329 e. The van der Waals surface area contributed by atoms with E-state index >= 15 is 0 Å². The number of hydrogen-bond acceptors (Lipinski definition) is 5. The molecule has 8 heteroatoms. The zero-order chi connectivity index (χ0) is 24.3. The first-order chi connectivity index (χ1) is 16.4. The van der Waals surface area contributed by atoms with Crippen molar-refractivity contribution < 1.29 is 23.9 Å². The number of ether oxygens (including phenoxy) is 1. The Bertz CT molecular complexity index is 980. The number of rotatable bonds is 10. The van der Waals surface area contributed by atoms with Gasteiger partial charge in [-0.15, -0.1) is 0 Å². The van der Waals surface area contributed by atoms with Crippen LogP contribution in [0.4, 0.5) is 0 Å². The van der Waals surface area contributed by atoms with E-state index < -0.39 is 42.3 Å². The molecule has 8 nitrogen and oxygen atoms in total. The molecule has 1 aliphatic rings. The summed E-state index contributed by atoms with van der Waals surface area (Å²) in [6, 6.07) is 16.9. The predicted octanol–water partition coefficient (Wildman–Crippen LogP) is 2.12. The lowest BCUT2D eigenvalue weighted by atomic mass is 9.84. The van der Waals surface area contributed by atoms with Crippen molar-refractivity contribution in [1.82, 2.24) is 10.6 Å². The Labute approximate surface area is 199 Å². The molecule has 0 aromatic heterocycles. The van der Waals surface area contributed by atoms with Crippen LogP contribution in [-0.4, -0.2) is 42.4 Å². The van der Waals surface area contributed by atoms with E-state index in [4.69, 9.17) is 10.5 Å². The predicted molar refractivity (Wildman–Crippen MR) is 127 cm³/mol. The molecule has 2 unspecified atom stereocenters. The van der Waals surface area contributed by atoms with Crippen molar-refractivity contribution in [2.75, 3.05) is 6.61 Å². The van der Waals surface area contributed by atoms with Crippen molar-refractivity contribution in [3.8, 4) is 0 Å². The highest BCUT2D eigenvalue weighted by molar-refractivity contribution is 5.97. The molecule has 3 amide bonds. The van der Waals surface area contributed by atoms with Crippen LogP contribution in [-0.2, 0) is 25.5 Å². The van der Waals surface area contributed by atoms with Crippen molar-refractivity contribution in [1.29, 1.82) is 0 Å². The fourth-order valence-electron chi connectivity index (χ4n) is 4.17. The lowest BCUT2D eigenvalue weighted by Gasteiger charge is -2.29. The Kier molecular flexibility index (Phi) is 9.20. The highest BCUT2D eigenvalue weighted by Crippen LogP contribution is 2.24. The number of esters is 1. The Morgan fingerprint density at radius 3 is 2.26 bits per heavy atom. The number of hydrogen-bond donors (Lipinski definition) is 3. The zero-order valence-electron chi connectivity index (χ0n) is 19.1. The maximum Gasteiger partial charge on any atom is 0.329 e. The minimum absolute atomic E-state index is 0.315. The van der Waals surface area contributed by atoms with Crippen molar-refractivity contribution >= 4 is 23.7 Å². The maximum atomic E-state index is 12.8. The van der Waals surface area contributed by atoms with Crippen LogP contribution in [0.15, 0.2) is 60.7 Å². The quantitative estimate of drug-likeness (QED) is 0.463. The lowest BCUT2D eigenvalue weighted by molar-refractivity contribution is -0.151. The van der Waals surface area contributed by atoms with Gasteiger partial charge in [-0.05, 0) is 43.4 Å². The molecular weight excluding hydrogens is 434 g/mol. The molecule has 34 heavy (non-hydrogen) atoms. The van der Waals surface area contributed by atoms with E-state index in [9.17, 15) is 19.2 Å². The maximum absolute atomic E-state index is 12.8. The van der Waals surface area contributed by atoms with Crippen LogP contribution in [0.2, 0.25) is 0 Å². The van der Waals surface area contributed by atoms with E-state index in [0.717, 1.165) is 18.4 Å². The van der Waals surface area contributed by atoms with Gasteiger partial charge >= 0.3 is 5.97 Å². The normalized spacial score (nSPS) is 18.4. The molecule has 0 heterocycles. The van der Waals surface area contributed by atoms with Crippen LogP contribution < -0.4 is 16.4 Å². The van der Waals surface area contributed by atoms with Gasteiger partial charge in [-0.2, -0.15) is 0 Å². The number of aryl methyl sites for hydroxylation is 1. The first-order valence-corrected chi connectivity index (χ1v) is 11.6. The average Bonchev–Trinajstić information content (AvgIpc) is 2.86. The SMILES string of the molecule is NC(=O)C1CCCCC1NC(=O)COC(=O)[C@H](CCc1ccccc1)NC(=O)c1ccccc1. The summed E-state index contributed by atoms with van der Waals surface area (Å²) in [4.78, 5) is 49.5. The third-order valence-corrected chi connectivity index (χ3v) is 6.01. The van der Waals surface area contributed by atoms with Gasteiger partial charge in [-0.1, -0.05) is 61.4 Å². The van der Waals surface area contributed by atoms with E-state index in [1.807, 2.05) is 30.3 Å². The van der Waals surface area contributed by atoms with Gasteiger partial charge in [0.25, 0.3) is 11.8 Å². The van der Waals surface area contributed by atoms with Gasteiger partial charge in [0.15, 0.2) is 6.61 Å². The lowest BCUT2D eigenvalue weighted by Crippen LogP contribution is -2.48. The summed E-state index contributed by atoms with van der Waals surface area (Å²) in [6.07, 6.45) is 3.92. The van der Waals surface area contributed by atoms with Gasteiger partial charge in [0.2, 0.25) is 5.91 Å². The second-order valence-electron chi connectivity index (χ2n) is 8.49. The molecule has 2 aromatic rings. The van der Waals surface area contributed by atoms with Crippen LogP contribution in [0.3, 0.4) is 0 Å². The number of primary amides is 1. The first-order valence-electron chi connectivity index (χ1n) is 11.6. The van der Waals surface area contributed by atoms with Gasteiger partial charge < -0.3 is 21.1 Å². The summed E-state index contributed by atoms with van der Waals surface area (Å²) < 4.78 is 5.25. The number of carbonyl (C=O) groups excluding carboxylic acids is 4. The van der Waals surface area contributed by atoms with Crippen LogP contribution in [0.25, 0.3) is 0 Å². The number of nitrogens with one attached hydrogen (secondary N) is 2. The van der Waals surface area contributed by atoms with Crippen molar-refractivity contribution in [3.63, 3.8) is 0 Å². The van der Waals surface area contributed by atoms with E-state index in [0.29, 0.717) is 31.2 Å². The minimum Gasteiger partial charge on any atom is -0.454 e. The largest absolute Gasteiger partial charge is 0.454 e. The van der Waals surface area contributed by atoms with Crippen molar-refractivity contribution in [2.45, 2.75) is 50.6 Å². The monoisotopic (exact) mass is 465 g/mol. The highest BCUT2D eigenvalue weighted by Gasteiger charge is 2.31.